The van der Waals surface area contributed by atoms with Crippen LogP contribution < -0.4 is 0 Å². The van der Waals surface area contributed by atoms with Gasteiger partial charge in [-0.25, -0.2) is 4.98 Å². The quantitative estimate of drug-likeness (QED) is 0.717. The van der Waals surface area contributed by atoms with Crippen LogP contribution in [-0.4, -0.2) is 32.9 Å². The second-order valence-electron chi connectivity index (χ2n) is 8.68. The van der Waals surface area contributed by atoms with Crippen LogP contribution in [0.1, 0.15) is 76.0 Å². The maximum absolute atomic E-state index is 13.1. The second kappa shape index (κ2) is 7.65. The van der Waals surface area contributed by atoms with E-state index in [-0.39, 0.29) is 0 Å². The number of aryl methyl sites for hydroxylation is 2. The van der Waals surface area contributed by atoms with Crippen molar-refractivity contribution in [3.8, 4) is 0 Å². The van der Waals surface area contributed by atoms with E-state index >= 15 is 0 Å². The van der Waals surface area contributed by atoms with Gasteiger partial charge < -0.3 is 9.47 Å². The van der Waals surface area contributed by atoms with Gasteiger partial charge in [0.2, 0.25) is 5.91 Å². The van der Waals surface area contributed by atoms with E-state index in [9.17, 15) is 4.79 Å². The third kappa shape index (κ3) is 3.63. The lowest BCUT2D eigenvalue weighted by Crippen LogP contribution is -2.47. The van der Waals surface area contributed by atoms with Crippen molar-refractivity contribution in [2.45, 2.75) is 84.2 Å². The van der Waals surface area contributed by atoms with Crippen molar-refractivity contribution >= 4 is 16.9 Å². The summed E-state index contributed by atoms with van der Waals surface area (Å²) < 4.78 is 2.35. The van der Waals surface area contributed by atoms with E-state index in [2.05, 4.69) is 47.5 Å². The van der Waals surface area contributed by atoms with E-state index in [0.29, 0.717) is 30.3 Å². The summed E-state index contributed by atoms with van der Waals surface area (Å²) in [7, 11) is 0. The topological polar surface area (TPSA) is 38.1 Å². The van der Waals surface area contributed by atoms with E-state index in [1.165, 1.54) is 35.8 Å². The van der Waals surface area contributed by atoms with Crippen LogP contribution in [0.4, 0.5) is 0 Å². The first-order valence-corrected chi connectivity index (χ1v) is 10.8. The van der Waals surface area contributed by atoms with E-state index in [4.69, 9.17) is 0 Å². The number of hydrogen-bond donors (Lipinski definition) is 0. The maximum Gasteiger partial charge on any atom is 0.223 e. The summed E-state index contributed by atoms with van der Waals surface area (Å²) in [4.78, 5) is 19.9. The van der Waals surface area contributed by atoms with Crippen LogP contribution in [0.25, 0.3) is 11.0 Å². The lowest BCUT2D eigenvalue weighted by molar-refractivity contribution is -0.136. The van der Waals surface area contributed by atoms with Gasteiger partial charge in [-0.05, 0) is 68.6 Å². The molecule has 1 aliphatic carbocycles. The fourth-order valence-corrected chi connectivity index (χ4v) is 4.93. The minimum atomic E-state index is 0.342. The zero-order valence-electron chi connectivity index (χ0n) is 17.1. The summed E-state index contributed by atoms with van der Waals surface area (Å²) in [5.41, 5.74) is 3.68. The zero-order valence-corrected chi connectivity index (χ0v) is 17.1. The van der Waals surface area contributed by atoms with Gasteiger partial charge in [-0.3, -0.25) is 4.79 Å². The molecule has 0 N–H and O–H groups in total. The molecule has 27 heavy (non-hydrogen) atoms. The molecule has 4 rings (SSSR count). The number of rotatable bonds is 6. The molecule has 0 spiro atoms. The fraction of sp³-hybridized carbons (Fsp3) is 0.652. The second-order valence-corrected chi connectivity index (χ2v) is 8.68. The Morgan fingerprint density at radius 1 is 1.30 bits per heavy atom. The molecule has 0 bridgehead atoms. The van der Waals surface area contributed by atoms with Crippen molar-refractivity contribution < 1.29 is 4.79 Å². The van der Waals surface area contributed by atoms with Crippen LogP contribution in [0, 0.1) is 12.8 Å². The number of amides is 1. The average molecular weight is 368 g/mol. The Morgan fingerprint density at radius 2 is 2.11 bits per heavy atom. The highest BCUT2D eigenvalue weighted by atomic mass is 16.2. The smallest absolute Gasteiger partial charge is 0.223 e. The van der Waals surface area contributed by atoms with E-state index in [0.717, 1.165) is 37.9 Å². The molecular formula is C23H33N3O. The summed E-state index contributed by atoms with van der Waals surface area (Å²) in [6, 6.07) is 3.14. The summed E-state index contributed by atoms with van der Waals surface area (Å²) in [6.07, 6.45) is 12.8. The molecule has 4 heteroatoms. The lowest BCUT2D eigenvalue weighted by Gasteiger charge is -2.40. The van der Waals surface area contributed by atoms with Gasteiger partial charge in [0, 0.05) is 42.8 Å². The van der Waals surface area contributed by atoms with Crippen molar-refractivity contribution in [3.63, 3.8) is 0 Å². The largest absolute Gasteiger partial charge is 0.339 e. The van der Waals surface area contributed by atoms with E-state index in [1.54, 1.807) is 0 Å². The number of pyridine rings is 1. The minimum Gasteiger partial charge on any atom is -0.339 e. The van der Waals surface area contributed by atoms with Crippen molar-refractivity contribution in [1.29, 1.82) is 0 Å². The Balaban J connectivity index is 1.52. The maximum atomic E-state index is 13.1. The molecular weight excluding hydrogens is 334 g/mol. The molecule has 2 atom stereocenters. The monoisotopic (exact) mass is 367 g/mol. The number of likely N-dealkylation sites (tertiary alicyclic amines) is 1. The van der Waals surface area contributed by atoms with Gasteiger partial charge in [-0.1, -0.05) is 20.3 Å². The Hall–Kier alpha value is -1.84. The van der Waals surface area contributed by atoms with Crippen molar-refractivity contribution in [1.82, 2.24) is 14.5 Å². The third-order valence-corrected chi connectivity index (χ3v) is 6.57. The predicted molar refractivity (Wildman–Crippen MR) is 110 cm³/mol. The van der Waals surface area contributed by atoms with Crippen molar-refractivity contribution in [2.24, 2.45) is 5.92 Å². The van der Waals surface area contributed by atoms with Crippen LogP contribution in [0.2, 0.25) is 0 Å². The van der Waals surface area contributed by atoms with Crippen molar-refractivity contribution in [3.05, 3.63) is 29.6 Å². The van der Waals surface area contributed by atoms with Gasteiger partial charge in [0.25, 0.3) is 0 Å². The van der Waals surface area contributed by atoms with Gasteiger partial charge in [-0.15, -0.1) is 0 Å². The Kier molecular flexibility index (Phi) is 5.25. The Labute approximate surface area is 163 Å². The molecule has 1 saturated carbocycles. The summed E-state index contributed by atoms with van der Waals surface area (Å²) in [5, 5.41) is 1.27. The first-order valence-electron chi connectivity index (χ1n) is 10.8. The highest BCUT2D eigenvalue weighted by Crippen LogP contribution is 2.39. The van der Waals surface area contributed by atoms with Crippen molar-refractivity contribution in [2.75, 3.05) is 6.54 Å². The zero-order chi connectivity index (χ0) is 19.0. The van der Waals surface area contributed by atoms with Crippen LogP contribution in [-0.2, 0) is 11.2 Å². The molecule has 2 fully saturated rings. The van der Waals surface area contributed by atoms with Gasteiger partial charge in [0.1, 0.15) is 5.65 Å². The molecule has 0 radical (unpaired) electrons. The normalized spacial score (nSPS) is 23.1. The van der Waals surface area contributed by atoms with E-state index in [1.807, 2.05) is 6.20 Å². The third-order valence-electron chi connectivity index (χ3n) is 6.57. The molecule has 0 aromatic carbocycles. The SMILES string of the molecule is CCCC1C(C)CCCN1C(=O)CCc1cn(C2CC2)c2nccc(C)c12. The lowest BCUT2D eigenvalue weighted by atomic mass is 9.87. The molecule has 1 saturated heterocycles. The summed E-state index contributed by atoms with van der Waals surface area (Å²) >= 11 is 0. The summed E-state index contributed by atoms with van der Waals surface area (Å²) in [5.74, 6) is 0.972. The van der Waals surface area contributed by atoms with Gasteiger partial charge in [0.15, 0.2) is 0 Å². The first-order chi connectivity index (χ1) is 13.1. The number of aromatic nitrogens is 2. The standard InChI is InChI=1S/C23H33N3O/c1-4-6-20-16(2)7-5-14-25(20)21(27)11-8-18-15-26(19-9-10-19)23-22(18)17(3)12-13-24-23/h12-13,15-16,19-20H,4-11,14H2,1-3H3. The van der Waals surface area contributed by atoms with Crippen LogP contribution in [0.15, 0.2) is 18.5 Å². The van der Waals surface area contributed by atoms with Gasteiger partial charge in [-0.2, -0.15) is 0 Å². The highest BCUT2D eigenvalue weighted by molar-refractivity contribution is 5.85. The van der Waals surface area contributed by atoms with Gasteiger partial charge >= 0.3 is 0 Å². The summed E-state index contributed by atoms with van der Waals surface area (Å²) in [6.45, 7) is 7.65. The minimum absolute atomic E-state index is 0.342. The first kappa shape index (κ1) is 18.5. The van der Waals surface area contributed by atoms with E-state index < -0.39 is 0 Å². The predicted octanol–water partition coefficient (Wildman–Crippen LogP) is 5.04. The molecule has 2 aliphatic rings. The molecule has 2 unspecified atom stereocenters. The molecule has 2 aromatic rings. The molecule has 1 amide bonds. The Bertz CT molecular complexity index is 820. The van der Waals surface area contributed by atoms with Crippen LogP contribution >= 0.6 is 0 Å². The molecule has 1 aliphatic heterocycles. The number of piperidine rings is 1. The van der Waals surface area contributed by atoms with Crippen LogP contribution in [0.3, 0.4) is 0 Å². The molecule has 2 aromatic heterocycles. The number of hydrogen-bond acceptors (Lipinski definition) is 2. The molecule has 4 nitrogen and oxygen atoms in total. The number of fused-ring (bicyclic) bond motifs is 1. The highest BCUT2D eigenvalue weighted by Gasteiger charge is 2.31. The number of carbonyl (C=O) groups excluding carboxylic acids is 1. The number of nitrogens with zero attached hydrogens (tertiary/aromatic N) is 3. The Morgan fingerprint density at radius 3 is 2.85 bits per heavy atom. The molecule has 146 valence electrons. The molecule has 3 heterocycles. The number of carbonyl (C=O) groups is 1. The average Bonchev–Trinajstić information content (AvgIpc) is 3.43. The fourth-order valence-electron chi connectivity index (χ4n) is 4.93. The van der Waals surface area contributed by atoms with Gasteiger partial charge in [0.05, 0.1) is 0 Å². The van der Waals surface area contributed by atoms with Crippen LogP contribution in [0.5, 0.6) is 0 Å².